The lowest BCUT2D eigenvalue weighted by Gasteiger charge is -2.27. The lowest BCUT2D eigenvalue weighted by atomic mass is 10.1. The zero-order chi connectivity index (χ0) is 15.1. The summed E-state index contributed by atoms with van der Waals surface area (Å²) in [6.07, 6.45) is 9.60. The predicted molar refractivity (Wildman–Crippen MR) is 81.2 cm³/mol. The standard InChI is InChI=1S/C16H21N3O2/c1-2-3-4-5-10-19-15(20)12-14(18-16(19)21)11-13-6-8-17-9-7-13/h6-9,11H,2-5,10,12H2,1H3,(H,18,21)/b14-11-. The summed E-state index contributed by atoms with van der Waals surface area (Å²) in [7, 11) is 0. The van der Waals surface area contributed by atoms with E-state index in [1.54, 1.807) is 12.4 Å². The van der Waals surface area contributed by atoms with Crippen LogP contribution in [0.15, 0.2) is 30.2 Å². The molecule has 2 rings (SSSR count). The summed E-state index contributed by atoms with van der Waals surface area (Å²) in [5.41, 5.74) is 1.56. The molecule has 1 aromatic heterocycles. The van der Waals surface area contributed by atoms with Crippen LogP contribution < -0.4 is 5.32 Å². The van der Waals surface area contributed by atoms with E-state index in [2.05, 4.69) is 17.2 Å². The average Bonchev–Trinajstić information content (AvgIpc) is 2.47. The minimum atomic E-state index is -0.317. The third kappa shape index (κ3) is 4.41. The number of hydrogen-bond acceptors (Lipinski definition) is 3. The Bertz CT molecular complexity index is 506. The number of aromatic nitrogens is 1. The predicted octanol–water partition coefficient (Wildman–Crippen LogP) is 2.94. The Kier molecular flexibility index (Phi) is 5.49. The molecule has 1 aromatic rings. The molecule has 3 amide bonds. The zero-order valence-corrected chi connectivity index (χ0v) is 12.3. The van der Waals surface area contributed by atoms with Crippen LogP contribution >= 0.6 is 0 Å². The Labute approximate surface area is 125 Å². The molecule has 0 unspecified atom stereocenters. The fourth-order valence-electron chi connectivity index (χ4n) is 2.29. The van der Waals surface area contributed by atoms with Crippen LogP contribution in [-0.2, 0) is 4.79 Å². The fourth-order valence-corrected chi connectivity index (χ4v) is 2.29. The van der Waals surface area contributed by atoms with Gasteiger partial charge in [-0.2, -0.15) is 0 Å². The molecule has 1 aliphatic rings. The third-order valence-electron chi connectivity index (χ3n) is 3.44. The topological polar surface area (TPSA) is 62.3 Å². The van der Waals surface area contributed by atoms with Gasteiger partial charge in [-0.25, -0.2) is 4.79 Å². The molecular formula is C16H21N3O2. The van der Waals surface area contributed by atoms with Gasteiger partial charge in [0.2, 0.25) is 5.91 Å². The van der Waals surface area contributed by atoms with E-state index in [1.807, 2.05) is 18.2 Å². The van der Waals surface area contributed by atoms with E-state index >= 15 is 0 Å². The smallest absolute Gasteiger partial charge is 0.311 e. The Morgan fingerprint density at radius 3 is 2.67 bits per heavy atom. The van der Waals surface area contributed by atoms with Gasteiger partial charge in [-0.15, -0.1) is 0 Å². The van der Waals surface area contributed by atoms with Crippen molar-refractivity contribution in [3.8, 4) is 0 Å². The van der Waals surface area contributed by atoms with Crippen LogP contribution in [0.4, 0.5) is 4.79 Å². The first kappa shape index (κ1) is 15.2. The third-order valence-corrected chi connectivity index (χ3v) is 3.44. The van der Waals surface area contributed by atoms with Gasteiger partial charge in [0, 0.05) is 24.6 Å². The SMILES string of the molecule is CCCCCCN1C(=O)C/C(=C/c2ccncc2)NC1=O. The maximum absolute atomic E-state index is 12.1. The van der Waals surface area contributed by atoms with Crippen LogP contribution in [0, 0.1) is 0 Å². The molecule has 0 bridgehead atoms. The monoisotopic (exact) mass is 287 g/mol. The Balaban J connectivity index is 1.94. The van der Waals surface area contributed by atoms with Gasteiger partial charge in [0.25, 0.3) is 0 Å². The highest BCUT2D eigenvalue weighted by molar-refractivity contribution is 6.00. The molecule has 0 atom stereocenters. The first-order chi connectivity index (χ1) is 10.2. The molecule has 21 heavy (non-hydrogen) atoms. The average molecular weight is 287 g/mol. The molecule has 112 valence electrons. The van der Waals surface area contributed by atoms with Gasteiger partial charge in [0.1, 0.15) is 0 Å². The summed E-state index contributed by atoms with van der Waals surface area (Å²) in [4.78, 5) is 29.3. The fraction of sp³-hybridized carbons (Fsp3) is 0.438. The van der Waals surface area contributed by atoms with Crippen molar-refractivity contribution in [2.45, 2.75) is 39.0 Å². The number of nitrogens with zero attached hydrogens (tertiary/aromatic N) is 2. The molecule has 0 radical (unpaired) electrons. The second-order valence-electron chi connectivity index (χ2n) is 5.16. The van der Waals surface area contributed by atoms with E-state index in [9.17, 15) is 9.59 Å². The van der Waals surface area contributed by atoms with E-state index in [4.69, 9.17) is 0 Å². The van der Waals surface area contributed by atoms with Crippen molar-refractivity contribution in [3.05, 3.63) is 35.8 Å². The molecule has 1 fully saturated rings. The van der Waals surface area contributed by atoms with Gasteiger partial charge < -0.3 is 5.32 Å². The first-order valence-corrected chi connectivity index (χ1v) is 7.42. The number of pyridine rings is 1. The van der Waals surface area contributed by atoms with Crippen LogP contribution in [0.25, 0.3) is 6.08 Å². The highest BCUT2D eigenvalue weighted by Crippen LogP contribution is 2.15. The second kappa shape index (κ2) is 7.57. The van der Waals surface area contributed by atoms with Gasteiger partial charge in [-0.1, -0.05) is 26.2 Å². The van der Waals surface area contributed by atoms with Crippen molar-refractivity contribution >= 4 is 18.0 Å². The van der Waals surface area contributed by atoms with E-state index in [0.717, 1.165) is 31.2 Å². The van der Waals surface area contributed by atoms with Crippen LogP contribution in [0.3, 0.4) is 0 Å². The van der Waals surface area contributed by atoms with Crippen LogP contribution in [-0.4, -0.2) is 28.4 Å². The van der Waals surface area contributed by atoms with Crippen LogP contribution in [0.2, 0.25) is 0 Å². The summed E-state index contributed by atoms with van der Waals surface area (Å²) in [6, 6.07) is 3.35. The molecule has 2 heterocycles. The molecule has 1 saturated heterocycles. The lowest BCUT2D eigenvalue weighted by Crippen LogP contribution is -2.49. The van der Waals surface area contributed by atoms with Crippen molar-refractivity contribution < 1.29 is 9.59 Å². The van der Waals surface area contributed by atoms with Gasteiger partial charge in [-0.3, -0.25) is 14.7 Å². The molecule has 0 aliphatic carbocycles. The van der Waals surface area contributed by atoms with Gasteiger partial charge in [0.05, 0.1) is 6.42 Å². The summed E-state index contributed by atoms with van der Waals surface area (Å²) >= 11 is 0. The molecular weight excluding hydrogens is 266 g/mol. The molecule has 5 nitrogen and oxygen atoms in total. The molecule has 0 spiro atoms. The highest BCUT2D eigenvalue weighted by atomic mass is 16.2. The quantitative estimate of drug-likeness (QED) is 0.818. The van der Waals surface area contributed by atoms with Crippen molar-refractivity contribution in [2.75, 3.05) is 6.54 Å². The number of urea groups is 1. The van der Waals surface area contributed by atoms with Crippen LogP contribution in [0.1, 0.15) is 44.6 Å². The van der Waals surface area contributed by atoms with E-state index in [-0.39, 0.29) is 18.4 Å². The summed E-state index contributed by atoms with van der Waals surface area (Å²) in [5, 5.41) is 2.79. The van der Waals surface area contributed by atoms with Gasteiger partial charge in [-0.05, 0) is 30.2 Å². The van der Waals surface area contributed by atoms with E-state index in [1.165, 1.54) is 4.90 Å². The van der Waals surface area contributed by atoms with Crippen molar-refractivity contribution in [1.82, 2.24) is 15.2 Å². The van der Waals surface area contributed by atoms with Crippen molar-refractivity contribution in [3.63, 3.8) is 0 Å². The molecule has 1 aliphatic heterocycles. The molecule has 0 saturated carbocycles. The number of amides is 3. The van der Waals surface area contributed by atoms with E-state index < -0.39 is 0 Å². The Morgan fingerprint density at radius 1 is 1.24 bits per heavy atom. The van der Waals surface area contributed by atoms with E-state index in [0.29, 0.717) is 12.2 Å². The van der Waals surface area contributed by atoms with Crippen molar-refractivity contribution in [2.24, 2.45) is 0 Å². The highest BCUT2D eigenvalue weighted by Gasteiger charge is 2.27. The lowest BCUT2D eigenvalue weighted by molar-refractivity contribution is -0.128. The Morgan fingerprint density at radius 2 is 2.00 bits per heavy atom. The number of carbonyl (C=O) groups excluding carboxylic acids is 2. The number of carbonyl (C=O) groups is 2. The first-order valence-electron chi connectivity index (χ1n) is 7.42. The zero-order valence-electron chi connectivity index (χ0n) is 12.3. The largest absolute Gasteiger partial charge is 0.328 e. The molecule has 1 N–H and O–H groups in total. The number of unbranched alkanes of at least 4 members (excludes halogenated alkanes) is 3. The maximum atomic E-state index is 12.1. The summed E-state index contributed by atoms with van der Waals surface area (Å²) in [5.74, 6) is -0.129. The summed E-state index contributed by atoms with van der Waals surface area (Å²) < 4.78 is 0. The van der Waals surface area contributed by atoms with Crippen molar-refractivity contribution in [1.29, 1.82) is 0 Å². The maximum Gasteiger partial charge on any atom is 0.328 e. The van der Waals surface area contributed by atoms with Gasteiger partial charge in [0.15, 0.2) is 0 Å². The minimum absolute atomic E-state index is 0.129. The van der Waals surface area contributed by atoms with Gasteiger partial charge >= 0.3 is 6.03 Å². The molecule has 0 aromatic carbocycles. The normalized spacial score (nSPS) is 17.2. The number of hydrogen-bond donors (Lipinski definition) is 1. The van der Waals surface area contributed by atoms with Crippen LogP contribution in [0.5, 0.6) is 0 Å². The number of imide groups is 1. The molecule has 5 heteroatoms. The minimum Gasteiger partial charge on any atom is -0.311 e. The second-order valence-corrected chi connectivity index (χ2v) is 5.16. The number of nitrogens with one attached hydrogen (secondary N) is 1. The number of rotatable bonds is 6. The Hall–Kier alpha value is -2.17. The summed E-state index contributed by atoms with van der Waals surface area (Å²) in [6.45, 7) is 2.64.